The Hall–Kier alpha value is -1.87. The molecule has 0 spiro atoms. The molecule has 50 heavy (non-hydrogen) atoms. The zero-order chi connectivity index (χ0) is 37.0. The normalized spacial score (nSPS) is 43.0. The third-order valence-corrected chi connectivity index (χ3v) is 12.0. The molecule has 13 nitrogen and oxygen atoms in total. The summed E-state index contributed by atoms with van der Waals surface area (Å²) in [6, 6.07) is -0.924. The predicted octanol–water partition coefficient (Wildman–Crippen LogP) is 3.11. The molecule has 0 radical (unpaired) electrons. The maximum Gasteiger partial charge on any atom is 0.408 e. The number of esters is 1. The Morgan fingerprint density at radius 2 is 1.74 bits per heavy atom. The van der Waals surface area contributed by atoms with Crippen molar-refractivity contribution in [3.05, 3.63) is 0 Å². The fourth-order valence-corrected chi connectivity index (χ4v) is 8.89. The molecule has 13 heteroatoms. The number of alkyl carbamates (subject to hydrolysis) is 1. The van der Waals surface area contributed by atoms with Gasteiger partial charge in [0.1, 0.15) is 18.1 Å². The number of hydrogen-bond donors (Lipinski definition) is 3. The summed E-state index contributed by atoms with van der Waals surface area (Å²) in [7, 11) is 5.50. The highest BCUT2D eigenvalue weighted by Crippen LogP contribution is 2.39. The molecule has 0 bridgehead atoms. The molecule has 4 aliphatic heterocycles. The van der Waals surface area contributed by atoms with Crippen LogP contribution in [0.5, 0.6) is 0 Å². The standard InChI is InChI=1S/C37H66N4O9/c1-11-28-37(12-2)31(39-35(45)50-37)25(6)38-20-22(3)19-36(7,46-10)32(23(4)29(42)24(5)33(44)48-28)49-34-30(43)27(40(8)9)18-26(47-34)21-41-16-14-13-15-17-41/h22-28,30-32,34,38,43H,11-21H2,1-10H3,(H,39,45)/t22-,23+,24?,25-,26?,27?,28-,30?,31-,32-,34?,36-,37-/m1/s1. The lowest BCUT2D eigenvalue weighted by molar-refractivity contribution is -0.299. The van der Waals surface area contributed by atoms with Gasteiger partial charge in [-0.05, 0) is 98.9 Å². The smallest absolute Gasteiger partial charge is 0.408 e. The molecule has 4 rings (SSSR count). The van der Waals surface area contributed by atoms with E-state index in [0.29, 0.717) is 32.2 Å². The van der Waals surface area contributed by atoms with Crippen molar-refractivity contribution in [1.29, 1.82) is 0 Å². The van der Waals surface area contributed by atoms with E-state index in [1.807, 2.05) is 46.7 Å². The van der Waals surface area contributed by atoms with Crippen molar-refractivity contribution in [2.24, 2.45) is 17.8 Å². The van der Waals surface area contributed by atoms with Crippen LogP contribution in [0.4, 0.5) is 4.79 Å². The topological polar surface area (TPSA) is 148 Å². The summed E-state index contributed by atoms with van der Waals surface area (Å²) in [6.45, 7) is 16.5. The quantitative estimate of drug-likeness (QED) is 0.251. The first-order chi connectivity index (χ1) is 23.6. The Labute approximate surface area is 299 Å². The van der Waals surface area contributed by atoms with Gasteiger partial charge < -0.3 is 49.2 Å². The number of nitrogens with zero attached hydrogens (tertiary/aromatic N) is 2. The lowest BCUT2D eigenvalue weighted by Crippen LogP contribution is -2.61. The van der Waals surface area contributed by atoms with Gasteiger partial charge in [0.2, 0.25) is 0 Å². The SMILES string of the molecule is CC[C@H]1OC(=O)C(C)C(=O)[C@H](C)[C@@H](OC2OC(CN3CCCCC3)CC(N(C)C)C2O)[C@](C)(OC)C[C@@H](C)CN[C@H](C)[C@H]2NC(=O)O[C@@]21CC. The van der Waals surface area contributed by atoms with E-state index in [1.54, 1.807) is 21.0 Å². The van der Waals surface area contributed by atoms with Crippen molar-refractivity contribution < 1.29 is 43.2 Å². The summed E-state index contributed by atoms with van der Waals surface area (Å²) in [4.78, 5) is 45.2. The number of likely N-dealkylation sites (tertiary alicyclic amines) is 1. The van der Waals surface area contributed by atoms with Crippen molar-refractivity contribution in [3.63, 3.8) is 0 Å². The largest absolute Gasteiger partial charge is 0.457 e. The molecular weight excluding hydrogens is 644 g/mol. The van der Waals surface area contributed by atoms with E-state index < -0.39 is 65.7 Å². The summed E-state index contributed by atoms with van der Waals surface area (Å²) in [5.41, 5.74) is -2.12. The summed E-state index contributed by atoms with van der Waals surface area (Å²) in [5.74, 6) is -2.99. The van der Waals surface area contributed by atoms with E-state index in [0.717, 1.165) is 32.5 Å². The van der Waals surface area contributed by atoms with Crippen molar-refractivity contribution >= 4 is 17.8 Å². The zero-order valence-corrected chi connectivity index (χ0v) is 32.2. The number of fused-ring (bicyclic) bond motifs is 1. The van der Waals surface area contributed by atoms with Crippen LogP contribution in [-0.2, 0) is 33.3 Å². The van der Waals surface area contributed by atoms with E-state index >= 15 is 0 Å². The van der Waals surface area contributed by atoms with Crippen molar-refractivity contribution in [1.82, 2.24) is 20.4 Å². The van der Waals surface area contributed by atoms with Crippen LogP contribution in [0, 0.1) is 17.8 Å². The maximum atomic E-state index is 14.3. The second-order valence-corrected chi connectivity index (χ2v) is 15.9. The van der Waals surface area contributed by atoms with Gasteiger partial charge in [0.05, 0.1) is 23.9 Å². The lowest BCUT2D eigenvalue weighted by Gasteiger charge is -2.47. The number of carbonyl (C=O) groups excluding carboxylic acids is 3. The number of hydrogen-bond acceptors (Lipinski definition) is 12. The molecular formula is C37H66N4O9. The number of amides is 1. The Morgan fingerprint density at radius 1 is 1.06 bits per heavy atom. The van der Waals surface area contributed by atoms with Crippen molar-refractivity contribution in [2.45, 2.75) is 153 Å². The van der Waals surface area contributed by atoms with Gasteiger partial charge in [-0.2, -0.15) is 0 Å². The van der Waals surface area contributed by atoms with Crippen LogP contribution in [0.2, 0.25) is 0 Å². The molecule has 1 amide bonds. The molecule has 0 aromatic carbocycles. The number of ketones is 1. The number of aliphatic hydroxyl groups excluding tert-OH is 1. The number of aliphatic hydroxyl groups is 1. The van der Waals surface area contributed by atoms with E-state index in [2.05, 4.69) is 22.5 Å². The number of cyclic esters (lactones) is 1. The minimum absolute atomic E-state index is 0.0332. The van der Waals surface area contributed by atoms with Crippen molar-refractivity contribution in [3.8, 4) is 0 Å². The van der Waals surface area contributed by atoms with Gasteiger partial charge >= 0.3 is 12.1 Å². The molecule has 4 aliphatic rings. The van der Waals surface area contributed by atoms with Crippen LogP contribution in [0.15, 0.2) is 0 Å². The van der Waals surface area contributed by atoms with E-state index in [9.17, 15) is 19.5 Å². The highest BCUT2D eigenvalue weighted by molar-refractivity contribution is 6.00. The Kier molecular flexibility index (Phi) is 14.2. The van der Waals surface area contributed by atoms with Crippen LogP contribution in [0.25, 0.3) is 0 Å². The Balaban J connectivity index is 1.68. The van der Waals surface area contributed by atoms with E-state index in [-0.39, 0.29) is 29.9 Å². The van der Waals surface area contributed by atoms with Crippen LogP contribution in [-0.4, -0.2) is 140 Å². The number of ether oxygens (including phenoxy) is 5. The first-order valence-corrected chi connectivity index (χ1v) is 19.0. The molecule has 4 saturated heterocycles. The van der Waals surface area contributed by atoms with Gasteiger partial charge in [0.25, 0.3) is 0 Å². The van der Waals surface area contributed by atoms with E-state index in [1.165, 1.54) is 6.42 Å². The molecule has 0 saturated carbocycles. The predicted molar refractivity (Wildman–Crippen MR) is 189 cm³/mol. The maximum absolute atomic E-state index is 14.3. The molecule has 13 atom stereocenters. The van der Waals surface area contributed by atoms with Crippen LogP contribution >= 0.6 is 0 Å². The first-order valence-electron chi connectivity index (χ1n) is 19.0. The van der Waals surface area contributed by atoms with Gasteiger partial charge in [0, 0.05) is 31.7 Å². The zero-order valence-electron chi connectivity index (χ0n) is 32.2. The number of rotatable bonds is 8. The molecule has 0 aliphatic carbocycles. The number of piperidine rings is 1. The summed E-state index contributed by atoms with van der Waals surface area (Å²) >= 11 is 0. The van der Waals surface area contributed by atoms with E-state index in [4.69, 9.17) is 23.7 Å². The average molecular weight is 711 g/mol. The van der Waals surface area contributed by atoms with Crippen LogP contribution < -0.4 is 10.6 Å². The minimum Gasteiger partial charge on any atom is -0.457 e. The third-order valence-electron chi connectivity index (χ3n) is 12.0. The lowest BCUT2D eigenvalue weighted by atomic mass is 9.78. The molecule has 4 fully saturated rings. The molecule has 0 aromatic heterocycles. The first kappa shape index (κ1) is 40.9. The number of likely N-dealkylation sites (N-methyl/N-ethyl adjacent to an activating group) is 1. The fourth-order valence-electron chi connectivity index (χ4n) is 8.89. The second kappa shape index (κ2) is 17.3. The highest BCUT2D eigenvalue weighted by atomic mass is 16.7. The molecule has 0 aromatic rings. The van der Waals surface area contributed by atoms with Crippen molar-refractivity contribution in [2.75, 3.05) is 47.4 Å². The third kappa shape index (κ3) is 8.83. The minimum atomic E-state index is -1.14. The number of Topliss-reactive ketones (excluding diaryl/α,β-unsaturated/α-hetero) is 1. The Bertz CT molecular complexity index is 1150. The summed E-state index contributed by atoms with van der Waals surface area (Å²) < 4.78 is 31.6. The highest BCUT2D eigenvalue weighted by Gasteiger charge is 2.57. The number of carbonyl (C=O) groups is 3. The second-order valence-electron chi connectivity index (χ2n) is 15.9. The molecule has 5 unspecified atom stereocenters. The van der Waals surface area contributed by atoms with Gasteiger partial charge in [0.15, 0.2) is 17.7 Å². The summed E-state index contributed by atoms with van der Waals surface area (Å²) in [5, 5.41) is 18.2. The molecule has 4 heterocycles. The summed E-state index contributed by atoms with van der Waals surface area (Å²) in [6.07, 6.45) is 1.13. The Morgan fingerprint density at radius 3 is 2.34 bits per heavy atom. The molecule has 288 valence electrons. The number of nitrogens with one attached hydrogen (secondary N) is 2. The van der Waals surface area contributed by atoms with Crippen LogP contribution in [0.3, 0.4) is 0 Å². The fraction of sp³-hybridized carbons (Fsp3) is 0.919. The molecule has 3 N–H and O–H groups in total. The van der Waals surface area contributed by atoms with Gasteiger partial charge in [-0.1, -0.05) is 34.1 Å². The average Bonchev–Trinajstić information content (AvgIpc) is 3.45. The monoisotopic (exact) mass is 710 g/mol. The number of methoxy groups -OCH3 is 1. The van der Waals surface area contributed by atoms with Crippen LogP contribution in [0.1, 0.15) is 93.4 Å². The van der Waals surface area contributed by atoms with Gasteiger partial charge in [-0.25, -0.2) is 4.79 Å². The van der Waals surface area contributed by atoms with Gasteiger partial charge in [-0.3, -0.25) is 9.59 Å². The van der Waals surface area contributed by atoms with Gasteiger partial charge in [-0.15, -0.1) is 0 Å².